The highest BCUT2D eigenvalue weighted by molar-refractivity contribution is 5.44. The van der Waals surface area contributed by atoms with Gasteiger partial charge in [0.15, 0.2) is 0 Å². The molecule has 0 aromatic rings. The number of hydrogen-bond acceptors (Lipinski definition) is 5. The molecule has 5 nitrogen and oxygen atoms in total. The molecule has 3 saturated carbocycles. The topological polar surface area (TPSA) is 73.2 Å². The molecule has 1 saturated heterocycles. The number of rotatable bonds is 7. The van der Waals surface area contributed by atoms with Crippen LogP contribution in [0.4, 0.5) is 0 Å². The van der Waals surface area contributed by atoms with E-state index in [9.17, 15) is 15.3 Å². The van der Waals surface area contributed by atoms with E-state index in [1.807, 2.05) is 13.0 Å². The standard InChI is InChI=1S/C29H49NO4/c1-8-9-15-30-16-14-28-20(2)21(11-10-17-31)18-23(30)27(28)12-13-29(34-7,24(28)32)22(19-27)26(6,33)25(3,4)5/h10-11,22-24,31-33H,8-9,12-19H2,1-7H3/b11-10-/t22-,23-,24-,26+,27-,28+,29+/m1/s1. The first-order chi connectivity index (χ1) is 15.9. The Bertz CT molecular complexity index is 842. The van der Waals surface area contributed by atoms with Crippen LogP contribution >= 0.6 is 0 Å². The second-order valence-corrected chi connectivity index (χ2v) is 12.9. The molecule has 5 rings (SSSR count). The predicted molar refractivity (Wildman–Crippen MR) is 136 cm³/mol. The van der Waals surface area contributed by atoms with Gasteiger partial charge in [0, 0.05) is 24.5 Å². The molecule has 0 amide bonds. The first-order valence-electron chi connectivity index (χ1n) is 13.6. The number of piperidine rings is 1. The van der Waals surface area contributed by atoms with Crippen LogP contribution in [0, 0.1) is 22.2 Å². The minimum absolute atomic E-state index is 0.0280. The Balaban J connectivity index is 1.93. The van der Waals surface area contributed by atoms with Crippen LogP contribution in [-0.2, 0) is 4.74 Å². The van der Waals surface area contributed by atoms with Crippen LogP contribution < -0.4 is 0 Å². The highest BCUT2D eigenvalue weighted by Gasteiger charge is 2.78. The van der Waals surface area contributed by atoms with Crippen molar-refractivity contribution in [3.05, 3.63) is 23.3 Å². The number of likely N-dealkylation sites (tertiary alicyclic amines) is 1. The zero-order valence-electron chi connectivity index (χ0n) is 22.7. The lowest BCUT2D eigenvalue weighted by atomic mass is 9.32. The zero-order chi connectivity index (χ0) is 25.2. The van der Waals surface area contributed by atoms with Gasteiger partial charge in [-0.3, -0.25) is 4.90 Å². The average Bonchev–Trinajstić information content (AvgIpc) is 2.79. The van der Waals surface area contributed by atoms with Gasteiger partial charge in [-0.05, 0) is 81.9 Å². The number of allylic oxidation sites excluding steroid dienone is 1. The fourth-order valence-electron chi connectivity index (χ4n) is 8.77. The molecule has 1 spiro atoms. The Morgan fingerprint density at radius 2 is 1.88 bits per heavy atom. The Hall–Kier alpha value is -0.720. The molecule has 7 atom stereocenters. The Labute approximate surface area is 207 Å². The molecule has 1 heterocycles. The Kier molecular flexibility index (Phi) is 6.74. The van der Waals surface area contributed by atoms with Crippen molar-refractivity contribution >= 4 is 0 Å². The number of ether oxygens (including phenoxy) is 1. The normalized spacial score (nSPS) is 42.2. The van der Waals surface area contributed by atoms with Crippen LogP contribution in [0.15, 0.2) is 23.3 Å². The molecule has 4 fully saturated rings. The van der Waals surface area contributed by atoms with E-state index in [0.29, 0.717) is 6.04 Å². The van der Waals surface area contributed by atoms with Crippen molar-refractivity contribution in [3.63, 3.8) is 0 Å². The smallest absolute Gasteiger partial charge is 0.100 e. The summed E-state index contributed by atoms with van der Waals surface area (Å²) < 4.78 is 6.36. The van der Waals surface area contributed by atoms with Crippen molar-refractivity contribution in [1.29, 1.82) is 0 Å². The second-order valence-electron chi connectivity index (χ2n) is 12.9. The molecule has 0 unspecified atom stereocenters. The minimum Gasteiger partial charge on any atom is -0.392 e. The summed E-state index contributed by atoms with van der Waals surface area (Å²) >= 11 is 0. The van der Waals surface area contributed by atoms with Gasteiger partial charge in [-0.25, -0.2) is 0 Å². The van der Waals surface area contributed by atoms with Gasteiger partial charge in [0.05, 0.1) is 18.3 Å². The van der Waals surface area contributed by atoms with E-state index in [-0.39, 0.29) is 28.8 Å². The first-order valence-corrected chi connectivity index (χ1v) is 13.6. The van der Waals surface area contributed by atoms with Gasteiger partial charge in [0.1, 0.15) is 5.60 Å². The summed E-state index contributed by atoms with van der Waals surface area (Å²) in [5.74, 6) is -0.141. The van der Waals surface area contributed by atoms with E-state index in [1.165, 1.54) is 24.0 Å². The first kappa shape index (κ1) is 26.3. The SMILES string of the molecule is CCCCN1CC[C@@]23C(C)=C(/C=C\CO)C[C@@H]1[C@]21CC[C@](OC)([C@@H]([C@](C)(O)C(C)(C)C)C1)[C@@H]3O. The van der Waals surface area contributed by atoms with Crippen LogP contribution in [0.3, 0.4) is 0 Å². The summed E-state index contributed by atoms with van der Waals surface area (Å²) in [6, 6.07) is 0.331. The van der Waals surface area contributed by atoms with E-state index in [0.717, 1.165) is 45.2 Å². The van der Waals surface area contributed by atoms with Crippen LogP contribution in [-0.4, -0.2) is 70.4 Å². The molecule has 1 aliphatic heterocycles. The largest absolute Gasteiger partial charge is 0.392 e. The maximum atomic E-state index is 12.5. The van der Waals surface area contributed by atoms with E-state index in [2.05, 4.69) is 45.6 Å². The summed E-state index contributed by atoms with van der Waals surface area (Å²) in [6.45, 7) is 14.9. The molecule has 194 valence electrons. The van der Waals surface area contributed by atoms with Gasteiger partial charge >= 0.3 is 0 Å². The van der Waals surface area contributed by atoms with Gasteiger partial charge in [-0.2, -0.15) is 0 Å². The van der Waals surface area contributed by atoms with Gasteiger partial charge in [-0.1, -0.05) is 51.8 Å². The van der Waals surface area contributed by atoms with Crippen LogP contribution in [0.5, 0.6) is 0 Å². The van der Waals surface area contributed by atoms with Gasteiger partial charge < -0.3 is 20.1 Å². The lowest BCUT2D eigenvalue weighted by Gasteiger charge is -2.77. The van der Waals surface area contributed by atoms with Crippen molar-refractivity contribution in [2.75, 3.05) is 26.8 Å². The molecular weight excluding hydrogens is 426 g/mol. The third-order valence-corrected chi connectivity index (χ3v) is 11.2. The number of methoxy groups -OCH3 is 1. The number of nitrogens with zero attached hydrogens (tertiary/aromatic N) is 1. The lowest BCUT2D eigenvalue weighted by molar-refractivity contribution is -0.338. The third kappa shape index (κ3) is 3.23. The van der Waals surface area contributed by atoms with E-state index in [1.54, 1.807) is 7.11 Å². The molecule has 0 aromatic carbocycles. The van der Waals surface area contributed by atoms with Crippen LogP contribution in [0.25, 0.3) is 0 Å². The molecule has 0 aromatic heterocycles. The van der Waals surface area contributed by atoms with Crippen LogP contribution in [0.1, 0.15) is 86.5 Å². The number of unbranched alkanes of at least 4 members (excludes halogenated alkanes) is 1. The molecule has 4 bridgehead atoms. The monoisotopic (exact) mass is 475 g/mol. The van der Waals surface area contributed by atoms with Crippen molar-refractivity contribution in [3.8, 4) is 0 Å². The zero-order valence-corrected chi connectivity index (χ0v) is 22.7. The minimum atomic E-state index is -0.976. The summed E-state index contributed by atoms with van der Waals surface area (Å²) in [5, 5.41) is 34.0. The number of aliphatic hydroxyl groups is 3. The van der Waals surface area contributed by atoms with E-state index < -0.39 is 17.3 Å². The van der Waals surface area contributed by atoms with Crippen LogP contribution in [0.2, 0.25) is 0 Å². The van der Waals surface area contributed by atoms with E-state index >= 15 is 0 Å². The maximum absolute atomic E-state index is 12.5. The fraction of sp³-hybridized carbons (Fsp3) is 0.862. The molecule has 4 aliphatic carbocycles. The summed E-state index contributed by atoms with van der Waals surface area (Å²) in [5.41, 5.74) is 0.0329. The number of hydrogen-bond donors (Lipinski definition) is 3. The number of fused-ring (bicyclic) bond motifs is 2. The summed E-state index contributed by atoms with van der Waals surface area (Å²) in [7, 11) is 1.74. The molecule has 5 heteroatoms. The fourth-order valence-corrected chi connectivity index (χ4v) is 8.77. The van der Waals surface area contributed by atoms with Gasteiger partial charge in [0.25, 0.3) is 0 Å². The van der Waals surface area contributed by atoms with Gasteiger partial charge in [-0.15, -0.1) is 0 Å². The molecule has 0 radical (unpaired) electrons. The predicted octanol–water partition coefficient (Wildman–Crippen LogP) is 4.46. The quantitative estimate of drug-likeness (QED) is 0.507. The highest BCUT2D eigenvalue weighted by Crippen LogP contribution is 2.75. The molecule has 34 heavy (non-hydrogen) atoms. The van der Waals surface area contributed by atoms with E-state index in [4.69, 9.17) is 4.74 Å². The molecular formula is C29H49NO4. The Morgan fingerprint density at radius 1 is 1.18 bits per heavy atom. The second kappa shape index (κ2) is 8.69. The lowest BCUT2D eigenvalue weighted by Crippen LogP contribution is -2.82. The Morgan fingerprint density at radius 3 is 2.47 bits per heavy atom. The van der Waals surface area contributed by atoms with Gasteiger partial charge in [0.2, 0.25) is 0 Å². The van der Waals surface area contributed by atoms with Crippen molar-refractivity contribution in [2.24, 2.45) is 22.2 Å². The third-order valence-electron chi connectivity index (χ3n) is 11.2. The number of aliphatic hydroxyl groups excluding tert-OH is 2. The molecule has 5 aliphatic rings. The maximum Gasteiger partial charge on any atom is 0.100 e. The van der Waals surface area contributed by atoms with Crippen molar-refractivity contribution in [2.45, 2.75) is 110 Å². The summed E-state index contributed by atoms with van der Waals surface area (Å²) in [6.07, 6.45) is 10.2. The van der Waals surface area contributed by atoms with Crippen molar-refractivity contribution in [1.82, 2.24) is 4.90 Å². The highest BCUT2D eigenvalue weighted by atomic mass is 16.5. The van der Waals surface area contributed by atoms with Crippen molar-refractivity contribution < 1.29 is 20.1 Å². The summed E-state index contributed by atoms with van der Waals surface area (Å²) in [4.78, 5) is 2.70. The average molecular weight is 476 g/mol. The molecule has 3 N–H and O–H groups in total.